The van der Waals surface area contributed by atoms with Gasteiger partial charge in [0.1, 0.15) is 11.9 Å². The zero-order valence-corrected chi connectivity index (χ0v) is 11.7. The lowest BCUT2D eigenvalue weighted by atomic mass is 9.98. The average molecular weight is 277 g/mol. The number of rotatable bonds is 6. The number of aliphatic hydroxyl groups excluding tert-OH is 2. The molecule has 2 unspecified atom stereocenters. The van der Waals surface area contributed by atoms with E-state index in [4.69, 9.17) is 4.74 Å². The van der Waals surface area contributed by atoms with Gasteiger partial charge >= 0.3 is 0 Å². The zero-order valence-electron chi connectivity index (χ0n) is 11.7. The van der Waals surface area contributed by atoms with E-state index in [0.29, 0.717) is 6.04 Å². The first-order valence-corrected chi connectivity index (χ1v) is 7.49. The monoisotopic (exact) mass is 277 g/mol. The predicted octanol–water partition coefficient (Wildman–Crippen LogP) is 1.59. The van der Waals surface area contributed by atoms with Crippen molar-refractivity contribution in [3.05, 3.63) is 29.8 Å². The van der Waals surface area contributed by atoms with Crippen LogP contribution >= 0.6 is 0 Å². The molecule has 4 heteroatoms. The summed E-state index contributed by atoms with van der Waals surface area (Å²) in [6, 6.07) is 8.20. The predicted molar refractivity (Wildman–Crippen MR) is 76.6 cm³/mol. The molecule has 110 valence electrons. The fourth-order valence-corrected chi connectivity index (χ4v) is 3.09. The molecule has 0 heterocycles. The molecule has 0 spiro atoms. The van der Waals surface area contributed by atoms with E-state index < -0.39 is 0 Å². The van der Waals surface area contributed by atoms with Crippen LogP contribution in [0.25, 0.3) is 0 Å². The minimum Gasteiger partial charge on any atom is -0.490 e. The summed E-state index contributed by atoms with van der Waals surface area (Å²) in [5, 5.41) is 22.6. The first kappa shape index (κ1) is 13.9. The van der Waals surface area contributed by atoms with Crippen molar-refractivity contribution in [3.63, 3.8) is 0 Å². The molecule has 0 amide bonds. The van der Waals surface area contributed by atoms with Gasteiger partial charge in [-0.15, -0.1) is 0 Å². The lowest BCUT2D eigenvalue weighted by Gasteiger charge is -2.28. The lowest BCUT2D eigenvalue weighted by Crippen LogP contribution is -2.48. The molecule has 2 saturated carbocycles. The van der Waals surface area contributed by atoms with Crippen LogP contribution < -0.4 is 10.1 Å². The van der Waals surface area contributed by atoms with E-state index in [-0.39, 0.29) is 24.9 Å². The highest BCUT2D eigenvalue weighted by atomic mass is 16.5. The van der Waals surface area contributed by atoms with E-state index in [2.05, 4.69) is 5.32 Å². The number of hydrogen-bond acceptors (Lipinski definition) is 4. The van der Waals surface area contributed by atoms with Gasteiger partial charge in [0.05, 0.1) is 13.2 Å². The second kappa shape index (κ2) is 5.72. The molecule has 2 aliphatic carbocycles. The van der Waals surface area contributed by atoms with Crippen LogP contribution in [0.2, 0.25) is 0 Å². The van der Waals surface area contributed by atoms with E-state index in [9.17, 15) is 10.2 Å². The van der Waals surface area contributed by atoms with Gasteiger partial charge in [-0.05, 0) is 31.7 Å². The second-order valence-electron chi connectivity index (χ2n) is 6.11. The lowest BCUT2D eigenvalue weighted by molar-refractivity contribution is 0.137. The molecule has 0 aromatic heterocycles. The Bertz CT molecular complexity index is 461. The Morgan fingerprint density at radius 1 is 1.20 bits per heavy atom. The fraction of sp³-hybridized carbons (Fsp3) is 0.625. The Hall–Kier alpha value is -1.10. The fourth-order valence-electron chi connectivity index (χ4n) is 3.09. The molecule has 3 N–H and O–H groups in total. The van der Waals surface area contributed by atoms with Gasteiger partial charge in [-0.3, -0.25) is 0 Å². The molecule has 4 nitrogen and oxygen atoms in total. The van der Waals surface area contributed by atoms with Gasteiger partial charge in [0.2, 0.25) is 0 Å². The van der Waals surface area contributed by atoms with Gasteiger partial charge in [0.25, 0.3) is 0 Å². The quantitative estimate of drug-likeness (QED) is 0.739. The highest BCUT2D eigenvalue weighted by Gasteiger charge is 2.43. The normalized spacial score (nSPS) is 29.6. The van der Waals surface area contributed by atoms with Crippen LogP contribution in [-0.2, 0) is 6.61 Å². The van der Waals surface area contributed by atoms with Gasteiger partial charge in [-0.1, -0.05) is 18.2 Å². The number of ether oxygens (including phenoxy) is 1. The van der Waals surface area contributed by atoms with Gasteiger partial charge < -0.3 is 20.3 Å². The van der Waals surface area contributed by atoms with Crippen LogP contribution in [-0.4, -0.2) is 34.5 Å². The van der Waals surface area contributed by atoms with Gasteiger partial charge in [-0.2, -0.15) is 0 Å². The van der Waals surface area contributed by atoms with Crippen molar-refractivity contribution in [2.75, 3.05) is 6.61 Å². The first-order chi connectivity index (χ1) is 9.74. The highest BCUT2D eigenvalue weighted by Crippen LogP contribution is 2.36. The maximum atomic E-state index is 9.72. The minimum absolute atomic E-state index is 0.00559. The number of benzene rings is 1. The third-order valence-electron chi connectivity index (χ3n) is 4.39. The highest BCUT2D eigenvalue weighted by molar-refractivity contribution is 5.33. The second-order valence-corrected chi connectivity index (χ2v) is 6.11. The standard InChI is InChI=1S/C16H23NO3/c18-10-12-3-1-2-4-15(12)20-14-7-8-16(9-14,11-19)17-13-5-6-13/h1-4,13-14,17-19H,5-11H2. The maximum Gasteiger partial charge on any atom is 0.125 e. The van der Waals surface area contributed by atoms with Crippen LogP contribution in [0.15, 0.2) is 24.3 Å². The topological polar surface area (TPSA) is 61.7 Å². The molecule has 0 radical (unpaired) electrons. The summed E-state index contributed by atoms with van der Waals surface area (Å²) >= 11 is 0. The third-order valence-corrected chi connectivity index (χ3v) is 4.39. The number of aliphatic hydroxyl groups is 2. The summed E-state index contributed by atoms with van der Waals surface area (Å²) in [5.41, 5.74) is 0.657. The zero-order chi connectivity index (χ0) is 14.0. The van der Waals surface area contributed by atoms with Crippen LogP contribution in [0.4, 0.5) is 0 Å². The van der Waals surface area contributed by atoms with E-state index in [1.165, 1.54) is 12.8 Å². The molecular formula is C16H23NO3. The molecule has 0 saturated heterocycles. The Labute approximate surface area is 119 Å². The summed E-state index contributed by atoms with van der Waals surface area (Å²) in [5.74, 6) is 0.764. The molecule has 0 aliphatic heterocycles. The maximum absolute atomic E-state index is 9.72. The SMILES string of the molecule is OCc1ccccc1OC1CCC(CO)(NC2CC2)C1. The van der Waals surface area contributed by atoms with Crippen molar-refractivity contribution in [1.82, 2.24) is 5.32 Å². The summed E-state index contributed by atoms with van der Waals surface area (Å²) in [6.45, 7) is 0.166. The summed E-state index contributed by atoms with van der Waals surface area (Å²) in [6.07, 6.45) is 5.29. The van der Waals surface area contributed by atoms with Crippen molar-refractivity contribution >= 4 is 0 Å². The van der Waals surface area contributed by atoms with Crippen LogP contribution in [0.5, 0.6) is 5.75 Å². The van der Waals surface area contributed by atoms with Crippen LogP contribution in [0.3, 0.4) is 0 Å². The Balaban J connectivity index is 1.64. The number of nitrogens with one attached hydrogen (secondary N) is 1. The van der Waals surface area contributed by atoms with Crippen molar-refractivity contribution in [2.45, 2.75) is 56.4 Å². The molecule has 1 aromatic rings. The van der Waals surface area contributed by atoms with Crippen LogP contribution in [0, 0.1) is 0 Å². The van der Waals surface area contributed by atoms with Gasteiger partial charge in [0.15, 0.2) is 0 Å². The van der Waals surface area contributed by atoms with Crippen LogP contribution in [0.1, 0.15) is 37.7 Å². The Morgan fingerprint density at radius 2 is 2.00 bits per heavy atom. The van der Waals surface area contributed by atoms with Crippen molar-refractivity contribution in [2.24, 2.45) is 0 Å². The van der Waals surface area contributed by atoms with E-state index in [0.717, 1.165) is 30.6 Å². The van der Waals surface area contributed by atoms with E-state index in [1.54, 1.807) is 0 Å². The van der Waals surface area contributed by atoms with Gasteiger partial charge in [-0.25, -0.2) is 0 Å². The van der Waals surface area contributed by atoms with E-state index in [1.807, 2.05) is 24.3 Å². The number of hydrogen-bond donors (Lipinski definition) is 3. The molecule has 2 fully saturated rings. The van der Waals surface area contributed by atoms with Crippen molar-refractivity contribution < 1.29 is 14.9 Å². The largest absolute Gasteiger partial charge is 0.490 e. The minimum atomic E-state index is -0.167. The smallest absolute Gasteiger partial charge is 0.125 e. The van der Waals surface area contributed by atoms with Crippen molar-refractivity contribution in [3.8, 4) is 5.75 Å². The van der Waals surface area contributed by atoms with Crippen molar-refractivity contribution in [1.29, 1.82) is 0 Å². The molecule has 3 rings (SSSR count). The molecule has 2 atom stereocenters. The summed E-state index contributed by atoms with van der Waals surface area (Å²) in [4.78, 5) is 0. The molecular weight excluding hydrogens is 254 g/mol. The number of para-hydroxylation sites is 1. The first-order valence-electron chi connectivity index (χ1n) is 7.49. The summed E-state index contributed by atoms with van der Waals surface area (Å²) in [7, 11) is 0. The van der Waals surface area contributed by atoms with Gasteiger partial charge in [0, 0.05) is 23.6 Å². The Kier molecular flexibility index (Phi) is 3.96. The average Bonchev–Trinajstić information content (AvgIpc) is 3.20. The molecule has 0 bridgehead atoms. The Morgan fingerprint density at radius 3 is 2.70 bits per heavy atom. The molecule has 1 aromatic carbocycles. The van der Waals surface area contributed by atoms with E-state index >= 15 is 0 Å². The molecule has 2 aliphatic rings. The molecule has 20 heavy (non-hydrogen) atoms. The third kappa shape index (κ3) is 2.97. The summed E-state index contributed by atoms with van der Waals surface area (Å²) < 4.78 is 6.05.